The normalized spacial score (nSPS) is 16.4. The van der Waals surface area contributed by atoms with E-state index in [-0.39, 0.29) is 16.2 Å². The fourth-order valence-corrected chi connectivity index (χ4v) is 1.73. The summed E-state index contributed by atoms with van der Waals surface area (Å²) in [6, 6.07) is 0. The van der Waals surface area contributed by atoms with Crippen LogP contribution < -0.4 is 5.56 Å². The first kappa shape index (κ1) is 12.8. The molecule has 8 heteroatoms. The van der Waals surface area contributed by atoms with Crippen molar-refractivity contribution >= 4 is 18.4 Å². The molecule has 1 aromatic heterocycles. The van der Waals surface area contributed by atoms with E-state index in [2.05, 4.69) is 10.1 Å². The molecular formula is C10H14N4O3S. The van der Waals surface area contributed by atoms with E-state index in [1.54, 1.807) is 12.1 Å². The summed E-state index contributed by atoms with van der Waals surface area (Å²) in [4.78, 5) is 14.1. The van der Waals surface area contributed by atoms with Gasteiger partial charge in [-0.05, 0) is 12.2 Å². The monoisotopic (exact) mass is 270 g/mol. The van der Waals surface area contributed by atoms with Crippen LogP contribution in [0.2, 0.25) is 0 Å². The lowest BCUT2D eigenvalue weighted by atomic mass is 10.3. The summed E-state index contributed by atoms with van der Waals surface area (Å²) in [6.07, 6.45) is 1.34. The second kappa shape index (κ2) is 5.32. The van der Waals surface area contributed by atoms with Gasteiger partial charge in [-0.15, -0.1) is 0 Å². The van der Waals surface area contributed by atoms with Gasteiger partial charge in [0.15, 0.2) is 4.77 Å². The molecular weight excluding hydrogens is 256 g/mol. The first-order valence-corrected chi connectivity index (χ1v) is 5.89. The quantitative estimate of drug-likeness (QED) is 0.575. The van der Waals surface area contributed by atoms with Gasteiger partial charge in [0.05, 0.1) is 32.5 Å². The smallest absolute Gasteiger partial charge is 0.264 e. The van der Waals surface area contributed by atoms with Crippen LogP contribution in [-0.2, 0) is 11.8 Å². The van der Waals surface area contributed by atoms with Gasteiger partial charge >= 0.3 is 0 Å². The maximum atomic E-state index is 11.7. The molecule has 0 saturated carbocycles. The van der Waals surface area contributed by atoms with E-state index in [1.165, 1.54) is 10.8 Å². The molecule has 1 aromatic rings. The first-order chi connectivity index (χ1) is 8.59. The third-order valence-electron chi connectivity index (χ3n) is 2.67. The Bertz CT molecular complexity index is 571. The molecule has 0 atom stereocenters. The SMILES string of the molecule is Cn1c(O)c(/C=N/N2CCOCC2)c(=O)[nH]c1=S. The number of aromatic hydroxyl groups is 1. The standard InChI is InChI=1S/C10H14N4O3S/c1-13-9(16)7(8(15)12-10(13)18)6-11-14-2-4-17-5-3-14/h6,16H,2-5H2,1H3,(H,12,15,18)/b11-6+. The van der Waals surface area contributed by atoms with Gasteiger partial charge < -0.3 is 9.84 Å². The van der Waals surface area contributed by atoms with Gasteiger partial charge in [-0.25, -0.2) is 0 Å². The van der Waals surface area contributed by atoms with E-state index in [4.69, 9.17) is 17.0 Å². The minimum Gasteiger partial charge on any atom is -0.494 e. The maximum Gasteiger partial charge on any atom is 0.264 e. The number of H-pyrrole nitrogens is 1. The molecule has 1 aliphatic heterocycles. The molecule has 0 aromatic carbocycles. The Morgan fingerprint density at radius 1 is 1.50 bits per heavy atom. The molecule has 2 N–H and O–H groups in total. The van der Waals surface area contributed by atoms with Gasteiger partial charge in [-0.3, -0.25) is 19.4 Å². The van der Waals surface area contributed by atoms with E-state index in [9.17, 15) is 9.90 Å². The summed E-state index contributed by atoms with van der Waals surface area (Å²) in [6.45, 7) is 2.55. The Kier molecular flexibility index (Phi) is 3.78. The molecule has 0 bridgehead atoms. The van der Waals surface area contributed by atoms with Crippen LogP contribution >= 0.6 is 12.2 Å². The van der Waals surface area contributed by atoms with Crippen LogP contribution in [0.15, 0.2) is 9.90 Å². The van der Waals surface area contributed by atoms with Gasteiger partial charge in [0.2, 0.25) is 5.88 Å². The Morgan fingerprint density at radius 3 is 2.83 bits per heavy atom. The van der Waals surface area contributed by atoms with Crippen molar-refractivity contribution in [2.75, 3.05) is 26.3 Å². The third-order valence-corrected chi connectivity index (χ3v) is 3.04. The summed E-state index contributed by atoms with van der Waals surface area (Å²) in [5.74, 6) is -0.194. The Morgan fingerprint density at radius 2 is 2.17 bits per heavy atom. The van der Waals surface area contributed by atoms with Crippen molar-refractivity contribution in [2.45, 2.75) is 0 Å². The highest BCUT2D eigenvalue weighted by molar-refractivity contribution is 7.71. The van der Waals surface area contributed by atoms with E-state index in [0.29, 0.717) is 26.3 Å². The minimum absolute atomic E-state index is 0.0950. The molecule has 18 heavy (non-hydrogen) atoms. The van der Waals surface area contributed by atoms with Crippen molar-refractivity contribution in [3.63, 3.8) is 0 Å². The van der Waals surface area contributed by atoms with E-state index in [0.717, 1.165) is 0 Å². The van der Waals surface area contributed by atoms with Gasteiger partial charge in [0.25, 0.3) is 5.56 Å². The van der Waals surface area contributed by atoms with Crippen molar-refractivity contribution < 1.29 is 9.84 Å². The second-order valence-electron chi connectivity index (χ2n) is 3.87. The summed E-state index contributed by atoms with van der Waals surface area (Å²) < 4.78 is 6.67. The van der Waals surface area contributed by atoms with Gasteiger partial charge in [0, 0.05) is 7.05 Å². The number of hydrogen-bond acceptors (Lipinski definition) is 6. The van der Waals surface area contributed by atoms with Crippen LogP contribution in [0.4, 0.5) is 0 Å². The van der Waals surface area contributed by atoms with Crippen molar-refractivity contribution in [3.8, 4) is 5.88 Å². The zero-order valence-electron chi connectivity index (χ0n) is 9.92. The zero-order chi connectivity index (χ0) is 13.1. The fourth-order valence-electron chi connectivity index (χ4n) is 1.55. The highest BCUT2D eigenvalue weighted by atomic mass is 32.1. The molecule has 2 rings (SSSR count). The number of ether oxygens (including phenoxy) is 1. The number of aromatic nitrogens is 2. The van der Waals surface area contributed by atoms with Crippen LogP contribution in [0.3, 0.4) is 0 Å². The van der Waals surface area contributed by atoms with Gasteiger partial charge in [0.1, 0.15) is 5.56 Å². The lowest BCUT2D eigenvalue weighted by Crippen LogP contribution is -2.32. The van der Waals surface area contributed by atoms with Crippen LogP contribution in [0.5, 0.6) is 5.88 Å². The highest BCUT2D eigenvalue weighted by Crippen LogP contribution is 2.09. The second-order valence-corrected chi connectivity index (χ2v) is 4.25. The largest absolute Gasteiger partial charge is 0.494 e. The van der Waals surface area contributed by atoms with Crippen molar-refractivity contribution in [2.24, 2.45) is 12.1 Å². The summed E-state index contributed by atoms with van der Waals surface area (Å²) in [5, 5.41) is 15.8. The average Bonchev–Trinajstić information content (AvgIpc) is 2.37. The van der Waals surface area contributed by atoms with Gasteiger partial charge in [-0.2, -0.15) is 5.10 Å². The number of rotatable bonds is 2. The predicted octanol–water partition coefficient (Wildman–Crippen LogP) is -0.185. The van der Waals surface area contributed by atoms with Crippen molar-refractivity contribution in [1.29, 1.82) is 0 Å². The third kappa shape index (κ3) is 2.59. The molecule has 98 valence electrons. The molecule has 1 fully saturated rings. The first-order valence-electron chi connectivity index (χ1n) is 5.48. The predicted molar refractivity (Wildman–Crippen MR) is 68.5 cm³/mol. The maximum absolute atomic E-state index is 11.7. The highest BCUT2D eigenvalue weighted by Gasteiger charge is 2.10. The topological polar surface area (TPSA) is 82.8 Å². The molecule has 0 amide bonds. The number of morpholine rings is 1. The van der Waals surface area contributed by atoms with E-state index >= 15 is 0 Å². The van der Waals surface area contributed by atoms with E-state index in [1.807, 2.05) is 0 Å². The Balaban J connectivity index is 2.28. The molecule has 0 spiro atoms. The zero-order valence-corrected chi connectivity index (χ0v) is 10.7. The molecule has 0 unspecified atom stereocenters. The fraction of sp³-hybridized carbons (Fsp3) is 0.500. The minimum atomic E-state index is -0.451. The molecule has 1 aliphatic rings. The van der Waals surface area contributed by atoms with Crippen LogP contribution in [0.25, 0.3) is 0 Å². The number of aromatic amines is 1. The molecule has 2 heterocycles. The Hall–Kier alpha value is -1.67. The van der Waals surface area contributed by atoms with Crippen LogP contribution in [-0.4, -0.2) is 52.2 Å². The molecule has 0 radical (unpaired) electrons. The molecule has 0 aliphatic carbocycles. The van der Waals surface area contributed by atoms with Crippen LogP contribution in [0, 0.1) is 4.77 Å². The van der Waals surface area contributed by atoms with Gasteiger partial charge in [-0.1, -0.05) is 0 Å². The Labute approximate surface area is 108 Å². The summed E-state index contributed by atoms with van der Waals surface area (Å²) in [5.41, 5.74) is -0.356. The molecule has 7 nitrogen and oxygen atoms in total. The summed E-state index contributed by atoms with van der Waals surface area (Å²) >= 11 is 4.87. The van der Waals surface area contributed by atoms with Crippen LogP contribution in [0.1, 0.15) is 5.56 Å². The average molecular weight is 270 g/mol. The van der Waals surface area contributed by atoms with Crippen molar-refractivity contribution in [1.82, 2.24) is 14.6 Å². The number of nitrogens with zero attached hydrogens (tertiary/aromatic N) is 3. The number of nitrogens with one attached hydrogen (secondary N) is 1. The van der Waals surface area contributed by atoms with E-state index < -0.39 is 5.56 Å². The molecule has 1 saturated heterocycles. The number of hydrogen-bond donors (Lipinski definition) is 2. The number of hydrazone groups is 1. The lowest BCUT2D eigenvalue weighted by molar-refractivity contribution is 0.0396. The summed E-state index contributed by atoms with van der Waals surface area (Å²) in [7, 11) is 1.57. The van der Waals surface area contributed by atoms with Crippen molar-refractivity contribution in [3.05, 3.63) is 20.7 Å². The lowest BCUT2D eigenvalue weighted by Gasteiger charge is -2.23.